The molecule has 0 atom stereocenters. The molecule has 2 amide bonds. The predicted octanol–water partition coefficient (Wildman–Crippen LogP) is 2.81. The Morgan fingerprint density at radius 1 is 0.963 bits per heavy atom. The second kappa shape index (κ2) is 7.89. The van der Waals surface area contributed by atoms with Crippen LogP contribution in [-0.2, 0) is 19.7 Å². The first kappa shape index (κ1) is 19.7. The Balaban J connectivity index is 1.79. The number of carbonyl (C=O) groups excluding carboxylic acids is 2. The van der Waals surface area contributed by atoms with Gasteiger partial charge in [0, 0.05) is 26.2 Å². The third-order valence-electron chi connectivity index (χ3n) is 5.30. The molecule has 2 heterocycles. The minimum Gasteiger partial charge on any atom is -0.444 e. The molecular weight excluding hydrogens is 344 g/mol. The number of ether oxygens (including phenoxy) is 2. The normalized spacial score (nSPS) is 20.3. The highest BCUT2D eigenvalue weighted by atomic mass is 16.6. The molecule has 2 aliphatic rings. The van der Waals surface area contributed by atoms with Gasteiger partial charge in [-0.1, -0.05) is 30.3 Å². The zero-order chi connectivity index (χ0) is 19.5. The monoisotopic (exact) mass is 374 g/mol. The molecule has 0 unspecified atom stereocenters. The van der Waals surface area contributed by atoms with E-state index in [1.54, 1.807) is 4.90 Å². The van der Waals surface area contributed by atoms with Crippen LogP contribution in [0.4, 0.5) is 4.79 Å². The maximum absolute atomic E-state index is 13.5. The molecule has 1 aromatic carbocycles. The number of carbonyl (C=O) groups is 2. The van der Waals surface area contributed by atoms with Gasteiger partial charge >= 0.3 is 6.09 Å². The molecular formula is C21H30N2O4. The van der Waals surface area contributed by atoms with Crippen LogP contribution in [0.5, 0.6) is 0 Å². The van der Waals surface area contributed by atoms with E-state index in [0.717, 1.165) is 5.56 Å². The number of nitrogens with zero attached hydrogens (tertiary/aromatic N) is 2. The highest BCUT2D eigenvalue weighted by Gasteiger charge is 2.46. The van der Waals surface area contributed by atoms with Crippen molar-refractivity contribution < 1.29 is 19.1 Å². The van der Waals surface area contributed by atoms with Crippen molar-refractivity contribution in [2.45, 2.75) is 44.6 Å². The molecule has 0 aromatic heterocycles. The van der Waals surface area contributed by atoms with Crippen molar-refractivity contribution in [3.63, 3.8) is 0 Å². The van der Waals surface area contributed by atoms with Gasteiger partial charge in [-0.15, -0.1) is 0 Å². The van der Waals surface area contributed by atoms with E-state index in [-0.39, 0.29) is 12.0 Å². The lowest BCUT2D eigenvalue weighted by Crippen LogP contribution is -2.56. The fraction of sp³-hybridized carbons (Fsp3) is 0.619. The lowest BCUT2D eigenvalue weighted by molar-refractivity contribution is -0.143. The molecule has 0 aliphatic carbocycles. The second-order valence-corrected chi connectivity index (χ2v) is 8.32. The molecule has 2 fully saturated rings. The number of morpholine rings is 1. The molecule has 1 aromatic rings. The van der Waals surface area contributed by atoms with Gasteiger partial charge in [-0.25, -0.2) is 4.79 Å². The Hall–Kier alpha value is -2.08. The molecule has 3 rings (SSSR count). The van der Waals surface area contributed by atoms with Gasteiger partial charge < -0.3 is 19.3 Å². The fourth-order valence-electron chi connectivity index (χ4n) is 3.85. The predicted molar refractivity (Wildman–Crippen MR) is 103 cm³/mol. The van der Waals surface area contributed by atoms with Crippen LogP contribution in [0.2, 0.25) is 0 Å². The lowest BCUT2D eigenvalue weighted by Gasteiger charge is -2.44. The van der Waals surface area contributed by atoms with E-state index in [1.165, 1.54) is 0 Å². The minimum atomic E-state index is -0.586. The van der Waals surface area contributed by atoms with Crippen LogP contribution < -0.4 is 0 Å². The molecule has 6 nitrogen and oxygen atoms in total. The standard InChI is InChI=1S/C21H30N2O4/c1-20(2,3)27-19(25)23-11-9-21(10-12-23,17-7-5-4-6-8-17)18(24)22-13-15-26-16-14-22/h4-8H,9-16H2,1-3H3. The summed E-state index contributed by atoms with van der Waals surface area (Å²) in [4.78, 5) is 29.6. The largest absolute Gasteiger partial charge is 0.444 e. The summed E-state index contributed by atoms with van der Waals surface area (Å²) < 4.78 is 10.9. The molecule has 0 saturated carbocycles. The van der Waals surface area contributed by atoms with Crippen LogP contribution in [-0.4, -0.2) is 66.8 Å². The summed E-state index contributed by atoms with van der Waals surface area (Å²) in [5.74, 6) is 0.154. The summed E-state index contributed by atoms with van der Waals surface area (Å²) in [6.45, 7) is 9.05. The fourth-order valence-corrected chi connectivity index (χ4v) is 3.85. The number of likely N-dealkylation sites (tertiary alicyclic amines) is 1. The van der Waals surface area contributed by atoms with E-state index >= 15 is 0 Å². The minimum absolute atomic E-state index is 0.154. The average Bonchev–Trinajstić information content (AvgIpc) is 2.67. The lowest BCUT2D eigenvalue weighted by atomic mass is 9.71. The van der Waals surface area contributed by atoms with E-state index in [0.29, 0.717) is 52.2 Å². The maximum Gasteiger partial charge on any atom is 0.410 e. The van der Waals surface area contributed by atoms with Crippen LogP contribution in [0, 0.1) is 0 Å². The van der Waals surface area contributed by atoms with E-state index in [4.69, 9.17) is 9.47 Å². The Bertz CT molecular complexity index is 655. The summed E-state index contributed by atoms with van der Waals surface area (Å²) in [5, 5.41) is 0. The smallest absolute Gasteiger partial charge is 0.410 e. The highest BCUT2D eigenvalue weighted by Crippen LogP contribution is 2.38. The SMILES string of the molecule is CC(C)(C)OC(=O)N1CCC(C(=O)N2CCOCC2)(c2ccccc2)CC1. The van der Waals surface area contributed by atoms with Gasteiger partial charge in [0.25, 0.3) is 0 Å². The van der Waals surface area contributed by atoms with E-state index in [9.17, 15) is 9.59 Å². The van der Waals surface area contributed by atoms with Gasteiger partial charge in [0.1, 0.15) is 5.60 Å². The molecule has 2 saturated heterocycles. The molecule has 0 bridgehead atoms. The van der Waals surface area contributed by atoms with Crippen LogP contribution in [0.15, 0.2) is 30.3 Å². The van der Waals surface area contributed by atoms with Crippen molar-refractivity contribution in [1.82, 2.24) is 9.80 Å². The van der Waals surface area contributed by atoms with E-state index in [1.807, 2.05) is 56.0 Å². The van der Waals surface area contributed by atoms with Crippen LogP contribution in [0.1, 0.15) is 39.2 Å². The molecule has 27 heavy (non-hydrogen) atoms. The summed E-state index contributed by atoms with van der Waals surface area (Å²) in [6.07, 6.45) is 0.904. The first-order valence-electron chi connectivity index (χ1n) is 9.72. The van der Waals surface area contributed by atoms with Gasteiger partial charge in [-0.3, -0.25) is 4.79 Å². The first-order chi connectivity index (χ1) is 12.8. The Kier molecular flexibility index (Phi) is 5.75. The zero-order valence-corrected chi connectivity index (χ0v) is 16.6. The quantitative estimate of drug-likeness (QED) is 0.799. The first-order valence-corrected chi connectivity index (χ1v) is 9.72. The van der Waals surface area contributed by atoms with Gasteiger partial charge in [0.2, 0.25) is 5.91 Å². The van der Waals surface area contributed by atoms with Crippen molar-refractivity contribution in [2.75, 3.05) is 39.4 Å². The molecule has 0 N–H and O–H groups in total. The molecule has 6 heteroatoms. The topological polar surface area (TPSA) is 59.1 Å². The van der Waals surface area contributed by atoms with Crippen molar-refractivity contribution in [1.29, 1.82) is 0 Å². The van der Waals surface area contributed by atoms with Gasteiger partial charge in [-0.05, 0) is 39.2 Å². The third kappa shape index (κ3) is 4.43. The van der Waals surface area contributed by atoms with Crippen LogP contribution >= 0.6 is 0 Å². The van der Waals surface area contributed by atoms with Crippen LogP contribution in [0.3, 0.4) is 0 Å². The maximum atomic E-state index is 13.5. The second-order valence-electron chi connectivity index (χ2n) is 8.32. The average molecular weight is 374 g/mol. The number of hydrogen-bond acceptors (Lipinski definition) is 4. The molecule has 0 spiro atoms. The van der Waals surface area contributed by atoms with E-state index in [2.05, 4.69) is 0 Å². The van der Waals surface area contributed by atoms with Crippen molar-refractivity contribution in [3.05, 3.63) is 35.9 Å². The number of benzene rings is 1. The summed E-state index contributed by atoms with van der Waals surface area (Å²) in [5.41, 5.74) is -0.0727. The van der Waals surface area contributed by atoms with Gasteiger partial charge in [0.05, 0.1) is 18.6 Å². The van der Waals surface area contributed by atoms with Crippen molar-refractivity contribution in [2.24, 2.45) is 0 Å². The number of piperidine rings is 1. The number of amides is 2. The zero-order valence-electron chi connectivity index (χ0n) is 16.6. The Morgan fingerprint density at radius 2 is 1.56 bits per heavy atom. The number of rotatable bonds is 2. The Morgan fingerprint density at radius 3 is 2.11 bits per heavy atom. The van der Waals surface area contributed by atoms with Crippen LogP contribution in [0.25, 0.3) is 0 Å². The van der Waals surface area contributed by atoms with E-state index < -0.39 is 11.0 Å². The van der Waals surface area contributed by atoms with Gasteiger partial charge in [-0.2, -0.15) is 0 Å². The summed E-state index contributed by atoms with van der Waals surface area (Å²) in [7, 11) is 0. The Labute approximate surface area is 161 Å². The van der Waals surface area contributed by atoms with Gasteiger partial charge in [0.15, 0.2) is 0 Å². The third-order valence-corrected chi connectivity index (χ3v) is 5.30. The summed E-state index contributed by atoms with van der Waals surface area (Å²) >= 11 is 0. The molecule has 0 radical (unpaired) electrons. The highest BCUT2D eigenvalue weighted by molar-refractivity contribution is 5.89. The van der Waals surface area contributed by atoms with Crippen molar-refractivity contribution >= 4 is 12.0 Å². The molecule has 148 valence electrons. The summed E-state index contributed by atoms with van der Waals surface area (Å²) in [6, 6.07) is 9.98. The molecule has 2 aliphatic heterocycles. The van der Waals surface area contributed by atoms with Crippen molar-refractivity contribution in [3.8, 4) is 0 Å². The number of hydrogen-bond donors (Lipinski definition) is 0.